The van der Waals surface area contributed by atoms with Gasteiger partial charge in [-0.1, -0.05) is 25.0 Å². The normalized spacial score (nSPS) is 25.5. The first-order chi connectivity index (χ1) is 24.3. The largest absolute Gasteiger partial charge is 0.497 e. The van der Waals surface area contributed by atoms with Crippen LogP contribution in [-0.2, 0) is 26.2 Å². The Morgan fingerprint density at radius 2 is 1.94 bits per heavy atom. The topological polar surface area (TPSA) is 174 Å². The molecular weight excluding hydrogens is 656 g/mol. The standard InChI is InChI=1S/C37H46N6O8/c1-36(2,3)51-35(48)40-26-12-10-8-6-7-9-11-22-20-37(22,34(46)47)41-32(44)29-18-24(21-43(29)33(26)45)50-30-19-28(31-38-15-16-42(31)4)39-27-17-23(49-5)13-14-25(27)30/h9,11,13-17,19,22,24,26,29H,6-8,10,12,18,20-21H2,1-5H3,(H,40,48)(H,41,44)(H,46,47)/t22?,24-,26+,29+,37-/m1/s1. The van der Waals surface area contributed by atoms with Gasteiger partial charge in [-0.25, -0.2) is 19.6 Å². The summed E-state index contributed by atoms with van der Waals surface area (Å²) in [5, 5.41) is 16.4. The predicted octanol–water partition coefficient (Wildman–Crippen LogP) is 4.37. The van der Waals surface area contributed by atoms with E-state index in [0.29, 0.717) is 46.8 Å². The number of pyridine rings is 1. The number of imidazole rings is 1. The third kappa shape index (κ3) is 7.79. The van der Waals surface area contributed by atoms with Crippen molar-refractivity contribution in [2.75, 3.05) is 13.7 Å². The number of amides is 3. The molecule has 3 amide bonds. The summed E-state index contributed by atoms with van der Waals surface area (Å²) in [5.41, 5.74) is -1.08. The van der Waals surface area contributed by atoms with Gasteiger partial charge in [-0.05, 0) is 58.6 Å². The summed E-state index contributed by atoms with van der Waals surface area (Å²) in [5.74, 6) is -0.834. The summed E-state index contributed by atoms with van der Waals surface area (Å²) in [6.45, 7) is 5.23. The molecule has 3 aromatic rings. The molecule has 1 aromatic carbocycles. The fourth-order valence-electron chi connectivity index (χ4n) is 6.90. The molecule has 1 saturated heterocycles. The first-order valence-electron chi connectivity index (χ1n) is 17.4. The van der Waals surface area contributed by atoms with Crippen LogP contribution in [-0.4, -0.2) is 91.4 Å². The van der Waals surface area contributed by atoms with Gasteiger partial charge in [0.25, 0.3) is 0 Å². The van der Waals surface area contributed by atoms with Crippen molar-refractivity contribution in [2.24, 2.45) is 13.0 Å². The molecule has 51 heavy (non-hydrogen) atoms. The second-order valence-corrected chi connectivity index (χ2v) is 14.6. The maximum absolute atomic E-state index is 14.4. The van der Waals surface area contributed by atoms with Crippen LogP contribution in [0.3, 0.4) is 0 Å². The molecule has 2 fully saturated rings. The number of benzene rings is 1. The number of carboxylic acid groups (broad SMARTS) is 1. The lowest BCUT2D eigenvalue weighted by molar-refractivity contribution is -0.145. The summed E-state index contributed by atoms with van der Waals surface area (Å²) < 4.78 is 19.4. The highest BCUT2D eigenvalue weighted by atomic mass is 16.6. The summed E-state index contributed by atoms with van der Waals surface area (Å²) in [6.07, 6.45) is 9.61. The number of allylic oxidation sites excluding steroid dienone is 1. The van der Waals surface area contributed by atoms with Gasteiger partial charge in [-0.15, -0.1) is 0 Å². The fourth-order valence-corrected chi connectivity index (χ4v) is 6.90. The lowest BCUT2D eigenvalue weighted by Crippen LogP contribution is -2.56. The average molecular weight is 703 g/mol. The van der Waals surface area contributed by atoms with Crippen LogP contribution in [0, 0.1) is 5.92 Å². The van der Waals surface area contributed by atoms with Gasteiger partial charge < -0.3 is 39.4 Å². The van der Waals surface area contributed by atoms with E-state index in [4.69, 9.17) is 19.2 Å². The molecule has 0 bridgehead atoms. The van der Waals surface area contributed by atoms with Crippen molar-refractivity contribution >= 4 is 34.8 Å². The number of nitrogens with zero attached hydrogens (tertiary/aromatic N) is 4. The van der Waals surface area contributed by atoms with E-state index in [0.717, 1.165) is 19.3 Å². The molecule has 3 aliphatic rings. The first-order valence-corrected chi connectivity index (χ1v) is 17.4. The van der Waals surface area contributed by atoms with Crippen LogP contribution in [0.1, 0.15) is 65.7 Å². The molecule has 14 heteroatoms. The van der Waals surface area contributed by atoms with Crippen LogP contribution in [0.2, 0.25) is 0 Å². The molecule has 1 saturated carbocycles. The van der Waals surface area contributed by atoms with E-state index in [1.54, 1.807) is 52.3 Å². The second-order valence-electron chi connectivity index (χ2n) is 14.6. The Morgan fingerprint density at radius 1 is 1.14 bits per heavy atom. The highest BCUT2D eigenvalue weighted by Gasteiger charge is 2.61. The van der Waals surface area contributed by atoms with Gasteiger partial charge in [0.2, 0.25) is 11.8 Å². The lowest BCUT2D eigenvalue weighted by atomic mass is 10.0. The molecular formula is C37H46N6O8. The Morgan fingerprint density at radius 3 is 2.65 bits per heavy atom. The zero-order valence-corrected chi connectivity index (χ0v) is 29.7. The van der Waals surface area contributed by atoms with Crippen molar-refractivity contribution in [3.05, 3.63) is 48.8 Å². The minimum atomic E-state index is -1.45. The lowest BCUT2D eigenvalue weighted by Gasteiger charge is -2.30. The van der Waals surface area contributed by atoms with Crippen molar-refractivity contribution in [1.82, 2.24) is 30.1 Å². The zero-order chi connectivity index (χ0) is 36.5. The number of carbonyl (C=O) groups excluding carboxylic acids is 3. The van der Waals surface area contributed by atoms with E-state index in [2.05, 4.69) is 15.6 Å². The van der Waals surface area contributed by atoms with Gasteiger partial charge in [-0.2, -0.15) is 0 Å². The van der Waals surface area contributed by atoms with E-state index in [1.165, 1.54) is 4.90 Å². The van der Waals surface area contributed by atoms with Gasteiger partial charge in [0, 0.05) is 49.3 Å². The molecule has 14 nitrogen and oxygen atoms in total. The maximum Gasteiger partial charge on any atom is 0.408 e. The molecule has 1 unspecified atom stereocenters. The molecule has 2 aliphatic heterocycles. The minimum absolute atomic E-state index is 0.0184. The van der Waals surface area contributed by atoms with Gasteiger partial charge in [-0.3, -0.25) is 9.59 Å². The number of alkyl carbamates (subject to hydrolysis) is 1. The molecule has 2 aromatic heterocycles. The third-order valence-corrected chi connectivity index (χ3v) is 9.64. The van der Waals surface area contributed by atoms with E-state index in [-0.39, 0.29) is 25.3 Å². The number of carbonyl (C=O) groups is 4. The number of rotatable bonds is 6. The average Bonchev–Trinajstić information content (AvgIpc) is 3.35. The van der Waals surface area contributed by atoms with E-state index < -0.39 is 53.2 Å². The van der Waals surface area contributed by atoms with Gasteiger partial charge in [0.05, 0.1) is 19.2 Å². The van der Waals surface area contributed by atoms with Crippen molar-refractivity contribution in [3.63, 3.8) is 0 Å². The third-order valence-electron chi connectivity index (χ3n) is 9.64. The Kier molecular flexibility index (Phi) is 9.96. The molecule has 0 radical (unpaired) electrons. The number of hydrogen-bond acceptors (Lipinski definition) is 9. The Bertz CT molecular complexity index is 1850. The van der Waals surface area contributed by atoms with E-state index in [1.807, 2.05) is 36.0 Å². The highest BCUT2D eigenvalue weighted by molar-refractivity contribution is 5.96. The number of hydrogen-bond donors (Lipinski definition) is 3. The molecule has 272 valence electrons. The van der Waals surface area contributed by atoms with Crippen LogP contribution in [0.5, 0.6) is 11.5 Å². The highest BCUT2D eigenvalue weighted by Crippen LogP contribution is 2.45. The molecule has 0 spiro atoms. The number of methoxy groups -OCH3 is 1. The van der Waals surface area contributed by atoms with Crippen LogP contribution in [0.25, 0.3) is 22.4 Å². The minimum Gasteiger partial charge on any atom is -0.497 e. The van der Waals surface area contributed by atoms with Crippen LogP contribution < -0.4 is 20.1 Å². The van der Waals surface area contributed by atoms with E-state index >= 15 is 0 Å². The fraction of sp³-hybridized carbons (Fsp3) is 0.514. The number of carboxylic acids is 1. The second kappa shape index (κ2) is 14.2. The predicted molar refractivity (Wildman–Crippen MR) is 187 cm³/mol. The van der Waals surface area contributed by atoms with Crippen LogP contribution >= 0.6 is 0 Å². The quantitative estimate of drug-likeness (QED) is 0.313. The number of nitrogens with one attached hydrogen (secondary N) is 2. The van der Waals surface area contributed by atoms with Crippen LogP contribution in [0.15, 0.2) is 48.8 Å². The van der Waals surface area contributed by atoms with Crippen molar-refractivity contribution in [1.29, 1.82) is 0 Å². The Balaban J connectivity index is 1.35. The number of fused-ring (bicyclic) bond motifs is 3. The summed E-state index contributed by atoms with van der Waals surface area (Å²) >= 11 is 0. The first kappa shape index (κ1) is 35.7. The summed E-state index contributed by atoms with van der Waals surface area (Å²) in [7, 11) is 3.43. The van der Waals surface area contributed by atoms with Gasteiger partial charge in [0.1, 0.15) is 46.5 Å². The number of aromatic nitrogens is 3. The molecule has 1 aliphatic carbocycles. The van der Waals surface area contributed by atoms with Crippen molar-refractivity contribution in [3.8, 4) is 23.0 Å². The zero-order valence-electron chi connectivity index (χ0n) is 29.7. The van der Waals surface area contributed by atoms with Crippen molar-refractivity contribution < 1.29 is 38.5 Å². The maximum atomic E-state index is 14.4. The molecule has 5 atom stereocenters. The van der Waals surface area contributed by atoms with Crippen LogP contribution in [0.4, 0.5) is 4.79 Å². The van der Waals surface area contributed by atoms with E-state index in [9.17, 15) is 24.3 Å². The smallest absolute Gasteiger partial charge is 0.408 e. The molecule has 4 heterocycles. The Hall–Kier alpha value is -5.14. The number of ether oxygens (including phenoxy) is 3. The van der Waals surface area contributed by atoms with Crippen molar-refractivity contribution in [2.45, 2.75) is 95.0 Å². The molecule has 6 rings (SSSR count). The Labute approximate surface area is 296 Å². The SMILES string of the molecule is COc1ccc2c(O[C@@H]3C[C@H]4C(=O)N[C@]5(C(=O)O)CC5C=CCCCCC[C@H](NC(=O)OC(C)(C)C)C(=O)N4C3)cc(-c3nccn3C)nc2c1. The summed E-state index contributed by atoms with van der Waals surface area (Å²) in [6, 6.07) is 5.18. The molecule has 3 N–H and O–H groups in total. The number of aryl methyl sites for hydroxylation is 1. The van der Waals surface area contributed by atoms with Gasteiger partial charge >= 0.3 is 12.1 Å². The monoisotopic (exact) mass is 702 g/mol. The van der Waals surface area contributed by atoms with Gasteiger partial charge in [0.15, 0.2) is 5.82 Å². The number of aliphatic carboxylic acids is 1. The summed E-state index contributed by atoms with van der Waals surface area (Å²) in [4.78, 5) is 64.6.